The molecule has 6 heteroatoms. The van der Waals surface area contributed by atoms with E-state index in [4.69, 9.17) is 0 Å². The molecule has 38 heavy (non-hydrogen) atoms. The van der Waals surface area contributed by atoms with Gasteiger partial charge in [0.1, 0.15) is 0 Å². The lowest BCUT2D eigenvalue weighted by atomic mass is 10.2. The van der Waals surface area contributed by atoms with Crippen molar-refractivity contribution in [3.05, 3.63) is 108 Å². The lowest BCUT2D eigenvalue weighted by molar-refractivity contribution is 1.30. The average molecular weight is 507 g/mol. The SMILES string of the molecule is CC.CC.Cc1cccc(Nc2nc3ccccc3[nH]2)c1.Cc1cccc2[nH]c(Nc3ccccc3)nc12. The molecule has 2 heterocycles. The predicted molar refractivity (Wildman–Crippen MR) is 164 cm³/mol. The molecule has 0 saturated heterocycles. The van der Waals surface area contributed by atoms with Crippen molar-refractivity contribution < 1.29 is 0 Å². The summed E-state index contributed by atoms with van der Waals surface area (Å²) in [5, 5.41) is 6.52. The Kier molecular flexibility index (Phi) is 10.5. The molecule has 0 amide bonds. The van der Waals surface area contributed by atoms with Crippen LogP contribution in [0.2, 0.25) is 0 Å². The fourth-order valence-electron chi connectivity index (χ4n) is 3.76. The maximum atomic E-state index is 4.54. The molecule has 0 radical (unpaired) electrons. The molecule has 0 atom stereocenters. The number of H-pyrrole nitrogens is 2. The topological polar surface area (TPSA) is 81.4 Å². The number of aryl methyl sites for hydroxylation is 2. The van der Waals surface area contributed by atoms with E-state index < -0.39 is 0 Å². The molecule has 6 rings (SSSR count). The van der Waals surface area contributed by atoms with Gasteiger partial charge in [-0.15, -0.1) is 0 Å². The molecular formula is C32H38N6. The molecule has 0 spiro atoms. The van der Waals surface area contributed by atoms with E-state index in [1.54, 1.807) is 0 Å². The summed E-state index contributed by atoms with van der Waals surface area (Å²) in [4.78, 5) is 15.5. The molecule has 4 N–H and O–H groups in total. The lowest BCUT2D eigenvalue weighted by Gasteiger charge is -2.02. The Bertz CT molecular complexity index is 1500. The number of aromatic nitrogens is 4. The second-order valence-electron chi connectivity index (χ2n) is 8.14. The van der Waals surface area contributed by atoms with Crippen molar-refractivity contribution in [2.75, 3.05) is 10.6 Å². The van der Waals surface area contributed by atoms with Gasteiger partial charge < -0.3 is 20.6 Å². The molecule has 4 aromatic carbocycles. The molecule has 2 aromatic heterocycles. The Morgan fingerprint density at radius 3 is 1.84 bits per heavy atom. The van der Waals surface area contributed by atoms with Gasteiger partial charge in [0, 0.05) is 11.4 Å². The van der Waals surface area contributed by atoms with Gasteiger partial charge in [0.15, 0.2) is 0 Å². The smallest absolute Gasteiger partial charge is 0.205 e. The van der Waals surface area contributed by atoms with E-state index in [1.807, 2.05) is 107 Å². The molecular weight excluding hydrogens is 468 g/mol. The summed E-state index contributed by atoms with van der Waals surface area (Å²) in [5.74, 6) is 1.55. The van der Waals surface area contributed by atoms with Crippen molar-refractivity contribution in [2.45, 2.75) is 41.5 Å². The summed E-state index contributed by atoms with van der Waals surface area (Å²) >= 11 is 0. The van der Waals surface area contributed by atoms with E-state index in [1.165, 1.54) is 11.1 Å². The summed E-state index contributed by atoms with van der Waals surface area (Å²) in [5.41, 5.74) is 8.58. The van der Waals surface area contributed by atoms with E-state index in [0.29, 0.717) is 0 Å². The Morgan fingerprint density at radius 1 is 0.553 bits per heavy atom. The van der Waals surface area contributed by atoms with Crippen LogP contribution in [0.15, 0.2) is 97.1 Å². The third kappa shape index (κ3) is 7.46. The maximum Gasteiger partial charge on any atom is 0.205 e. The zero-order valence-electron chi connectivity index (χ0n) is 23.1. The van der Waals surface area contributed by atoms with Gasteiger partial charge in [-0.1, -0.05) is 82.3 Å². The fourth-order valence-corrected chi connectivity index (χ4v) is 3.76. The normalized spacial score (nSPS) is 9.84. The van der Waals surface area contributed by atoms with Gasteiger partial charge in [-0.2, -0.15) is 0 Å². The van der Waals surface area contributed by atoms with Crippen LogP contribution < -0.4 is 10.6 Å². The van der Waals surface area contributed by atoms with Gasteiger partial charge >= 0.3 is 0 Å². The number of fused-ring (bicyclic) bond motifs is 2. The minimum absolute atomic E-state index is 0.775. The zero-order chi connectivity index (χ0) is 27.3. The number of rotatable bonds is 4. The number of aromatic amines is 2. The van der Waals surface area contributed by atoms with E-state index in [2.05, 4.69) is 62.6 Å². The Hall–Kier alpha value is -4.58. The zero-order valence-corrected chi connectivity index (χ0v) is 23.1. The van der Waals surface area contributed by atoms with Crippen molar-refractivity contribution in [3.8, 4) is 0 Å². The second-order valence-corrected chi connectivity index (χ2v) is 8.14. The van der Waals surface area contributed by atoms with Gasteiger partial charge in [-0.3, -0.25) is 0 Å². The quantitative estimate of drug-likeness (QED) is 0.192. The summed E-state index contributed by atoms with van der Waals surface area (Å²) < 4.78 is 0. The van der Waals surface area contributed by atoms with Crippen molar-refractivity contribution in [2.24, 2.45) is 0 Å². The van der Waals surface area contributed by atoms with Crippen molar-refractivity contribution in [1.29, 1.82) is 0 Å². The number of hydrogen-bond donors (Lipinski definition) is 4. The summed E-state index contributed by atoms with van der Waals surface area (Å²) in [6.07, 6.45) is 0. The van der Waals surface area contributed by atoms with Gasteiger partial charge in [-0.25, -0.2) is 9.97 Å². The first kappa shape index (κ1) is 28.0. The van der Waals surface area contributed by atoms with Crippen LogP contribution >= 0.6 is 0 Å². The number of hydrogen-bond acceptors (Lipinski definition) is 4. The van der Waals surface area contributed by atoms with Crippen molar-refractivity contribution >= 4 is 45.3 Å². The van der Waals surface area contributed by atoms with Gasteiger partial charge in [0.25, 0.3) is 0 Å². The summed E-state index contributed by atoms with van der Waals surface area (Å²) in [6, 6.07) is 32.4. The van der Waals surface area contributed by atoms with Gasteiger partial charge in [0.05, 0.1) is 22.1 Å². The number of nitrogens with zero attached hydrogens (tertiary/aromatic N) is 2. The first-order chi connectivity index (χ1) is 18.6. The number of imidazole rings is 2. The molecule has 0 unspecified atom stereocenters. The molecule has 0 bridgehead atoms. The van der Waals surface area contributed by atoms with Crippen LogP contribution in [-0.2, 0) is 0 Å². The molecule has 6 nitrogen and oxygen atoms in total. The molecule has 0 aliphatic rings. The highest BCUT2D eigenvalue weighted by Crippen LogP contribution is 2.21. The first-order valence-corrected chi connectivity index (χ1v) is 13.2. The molecule has 6 aromatic rings. The standard InChI is InChI=1S/2C14H13N3.2C2H6/c1-10-5-4-6-11(9-10)15-14-16-12-7-2-3-8-13(12)17-14;1-10-6-5-9-12-13(10)17-14(16-12)15-11-7-3-2-4-8-11;2*1-2/h2*2-9H,1H3,(H2,15,16,17);2*1-2H3. The Balaban J connectivity index is 0.000000187. The third-order valence-electron chi connectivity index (χ3n) is 5.42. The van der Waals surface area contributed by atoms with Crippen LogP contribution in [0.3, 0.4) is 0 Å². The van der Waals surface area contributed by atoms with Crippen molar-refractivity contribution in [1.82, 2.24) is 19.9 Å². The van der Waals surface area contributed by atoms with Gasteiger partial charge in [0.2, 0.25) is 11.9 Å². The summed E-state index contributed by atoms with van der Waals surface area (Å²) in [6.45, 7) is 12.1. The van der Waals surface area contributed by atoms with Crippen LogP contribution in [0, 0.1) is 13.8 Å². The minimum atomic E-state index is 0.775. The van der Waals surface area contributed by atoms with Crippen LogP contribution in [0.25, 0.3) is 22.1 Å². The molecule has 196 valence electrons. The Morgan fingerprint density at radius 2 is 1.13 bits per heavy atom. The van der Waals surface area contributed by atoms with E-state index in [-0.39, 0.29) is 0 Å². The lowest BCUT2D eigenvalue weighted by Crippen LogP contribution is -1.92. The van der Waals surface area contributed by atoms with E-state index in [0.717, 1.165) is 45.3 Å². The maximum absolute atomic E-state index is 4.54. The van der Waals surface area contributed by atoms with Crippen LogP contribution in [0.1, 0.15) is 38.8 Å². The number of nitrogens with one attached hydrogen (secondary N) is 4. The molecule has 0 fully saturated rings. The number of benzene rings is 4. The largest absolute Gasteiger partial charge is 0.326 e. The monoisotopic (exact) mass is 506 g/mol. The first-order valence-electron chi connectivity index (χ1n) is 13.2. The highest BCUT2D eigenvalue weighted by molar-refractivity contribution is 5.81. The second kappa shape index (κ2) is 14.2. The highest BCUT2D eigenvalue weighted by Gasteiger charge is 2.04. The van der Waals surface area contributed by atoms with Crippen LogP contribution in [0.5, 0.6) is 0 Å². The summed E-state index contributed by atoms with van der Waals surface area (Å²) in [7, 11) is 0. The van der Waals surface area contributed by atoms with Gasteiger partial charge in [-0.05, 0) is 67.4 Å². The number of para-hydroxylation sites is 4. The van der Waals surface area contributed by atoms with Crippen molar-refractivity contribution in [3.63, 3.8) is 0 Å². The fraction of sp³-hybridized carbons (Fsp3) is 0.188. The highest BCUT2D eigenvalue weighted by atomic mass is 15.1. The number of anilines is 4. The van der Waals surface area contributed by atoms with Crippen LogP contribution in [0.4, 0.5) is 23.3 Å². The third-order valence-corrected chi connectivity index (χ3v) is 5.42. The molecule has 0 aliphatic heterocycles. The molecule has 0 saturated carbocycles. The van der Waals surface area contributed by atoms with Crippen LogP contribution in [-0.4, -0.2) is 19.9 Å². The predicted octanol–water partition coefficient (Wildman–Crippen LogP) is 9.28. The minimum Gasteiger partial charge on any atom is -0.326 e. The van der Waals surface area contributed by atoms with E-state index in [9.17, 15) is 0 Å². The Labute approximate surface area is 225 Å². The van der Waals surface area contributed by atoms with E-state index >= 15 is 0 Å². The molecule has 0 aliphatic carbocycles. The average Bonchev–Trinajstić information content (AvgIpc) is 3.56.